The SMILES string of the molecule is CC(C)(C)OC(=O)CNP(=O)(OCCCCCNC(=O)OC(C)(C)C)Oc1ccc([N+](=O)[O-])cc1. The zero-order valence-corrected chi connectivity index (χ0v) is 22.0. The van der Waals surface area contributed by atoms with Crippen LogP contribution in [-0.2, 0) is 23.4 Å². The van der Waals surface area contributed by atoms with Crippen molar-refractivity contribution in [2.45, 2.75) is 72.0 Å². The number of nitro benzene ring substituents is 1. The smallest absolute Gasteiger partial charge is 0.459 e. The number of amides is 1. The van der Waals surface area contributed by atoms with Crippen LogP contribution in [-0.4, -0.2) is 47.9 Å². The molecule has 0 aliphatic carbocycles. The molecule has 35 heavy (non-hydrogen) atoms. The molecule has 1 aromatic rings. The zero-order chi connectivity index (χ0) is 26.7. The lowest BCUT2D eigenvalue weighted by Crippen LogP contribution is -2.33. The van der Waals surface area contributed by atoms with Crippen molar-refractivity contribution >= 4 is 25.5 Å². The minimum atomic E-state index is -4.00. The minimum Gasteiger partial charge on any atom is -0.459 e. The Labute approximate surface area is 205 Å². The van der Waals surface area contributed by atoms with E-state index < -0.39 is 42.5 Å². The quantitative estimate of drug-likeness (QED) is 0.123. The van der Waals surface area contributed by atoms with Crippen molar-refractivity contribution in [3.8, 4) is 5.75 Å². The van der Waals surface area contributed by atoms with Gasteiger partial charge in [0, 0.05) is 18.7 Å². The average Bonchev–Trinajstić information content (AvgIpc) is 2.69. The first kappa shape index (κ1) is 30.3. The molecule has 1 aromatic carbocycles. The van der Waals surface area contributed by atoms with E-state index in [1.54, 1.807) is 41.5 Å². The molecule has 0 radical (unpaired) electrons. The number of unbranched alkanes of at least 4 members (excludes halogenated alkanes) is 2. The van der Waals surface area contributed by atoms with E-state index in [0.29, 0.717) is 25.8 Å². The number of hydrogen-bond acceptors (Lipinski definition) is 9. The van der Waals surface area contributed by atoms with Crippen LogP contribution >= 0.6 is 7.75 Å². The van der Waals surface area contributed by atoms with Crippen LogP contribution in [0.5, 0.6) is 5.75 Å². The first-order valence-electron chi connectivity index (χ1n) is 11.2. The second kappa shape index (κ2) is 13.4. The van der Waals surface area contributed by atoms with Gasteiger partial charge in [-0.05, 0) is 72.9 Å². The molecule has 0 saturated carbocycles. The Morgan fingerprint density at radius 1 is 0.971 bits per heavy atom. The highest BCUT2D eigenvalue weighted by molar-refractivity contribution is 7.52. The molecule has 0 aromatic heterocycles. The van der Waals surface area contributed by atoms with Crippen molar-refractivity contribution in [3.63, 3.8) is 0 Å². The van der Waals surface area contributed by atoms with E-state index in [2.05, 4.69) is 10.4 Å². The van der Waals surface area contributed by atoms with E-state index in [1.165, 1.54) is 24.3 Å². The van der Waals surface area contributed by atoms with E-state index in [0.717, 1.165) is 0 Å². The summed E-state index contributed by atoms with van der Waals surface area (Å²) >= 11 is 0. The fraction of sp³-hybridized carbons (Fsp3) is 0.636. The first-order chi connectivity index (χ1) is 16.1. The van der Waals surface area contributed by atoms with Crippen molar-refractivity contribution in [2.75, 3.05) is 19.7 Å². The van der Waals surface area contributed by atoms with Crippen molar-refractivity contribution in [2.24, 2.45) is 0 Å². The summed E-state index contributed by atoms with van der Waals surface area (Å²) in [6.07, 6.45) is 1.29. The van der Waals surface area contributed by atoms with Crippen LogP contribution in [0.4, 0.5) is 10.5 Å². The number of esters is 1. The highest BCUT2D eigenvalue weighted by Crippen LogP contribution is 2.44. The van der Waals surface area contributed by atoms with Gasteiger partial charge in [0.15, 0.2) is 0 Å². The minimum absolute atomic E-state index is 0.0397. The van der Waals surface area contributed by atoms with Gasteiger partial charge in [-0.2, -0.15) is 0 Å². The van der Waals surface area contributed by atoms with Crippen molar-refractivity contribution < 1.29 is 37.6 Å². The lowest BCUT2D eigenvalue weighted by atomic mass is 10.2. The maximum absolute atomic E-state index is 13.2. The summed E-state index contributed by atoms with van der Waals surface area (Å²) in [7, 11) is -4.00. The molecule has 0 bridgehead atoms. The molecule has 12 nitrogen and oxygen atoms in total. The lowest BCUT2D eigenvalue weighted by Gasteiger charge is -2.22. The van der Waals surface area contributed by atoms with E-state index in [4.69, 9.17) is 18.5 Å². The Balaban J connectivity index is 2.60. The topological polar surface area (TPSA) is 155 Å². The van der Waals surface area contributed by atoms with Gasteiger partial charge in [-0.15, -0.1) is 0 Å². The van der Waals surface area contributed by atoms with Gasteiger partial charge in [0.1, 0.15) is 23.5 Å². The predicted octanol–water partition coefficient (Wildman–Crippen LogP) is 4.72. The number of benzene rings is 1. The predicted molar refractivity (Wildman–Crippen MR) is 129 cm³/mol. The molecule has 0 spiro atoms. The summed E-state index contributed by atoms with van der Waals surface area (Å²) in [6, 6.07) is 4.97. The van der Waals surface area contributed by atoms with Gasteiger partial charge in [0.2, 0.25) is 0 Å². The van der Waals surface area contributed by atoms with Crippen molar-refractivity contribution in [3.05, 3.63) is 34.4 Å². The molecule has 1 amide bonds. The third-order valence-electron chi connectivity index (χ3n) is 3.86. The molecule has 1 unspecified atom stereocenters. The summed E-state index contributed by atoms with van der Waals surface area (Å²) in [5, 5.41) is 16.0. The normalized spacial score (nSPS) is 13.4. The number of carbonyl (C=O) groups excluding carboxylic acids is 2. The molecule has 2 N–H and O–H groups in total. The Morgan fingerprint density at radius 2 is 1.57 bits per heavy atom. The third-order valence-corrected chi connectivity index (χ3v) is 5.38. The summed E-state index contributed by atoms with van der Waals surface area (Å²) in [5.41, 5.74) is -1.46. The van der Waals surface area contributed by atoms with E-state index >= 15 is 0 Å². The van der Waals surface area contributed by atoms with E-state index in [1.807, 2.05) is 0 Å². The molecular weight excluding hydrogens is 481 g/mol. The maximum Gasteiger partial charge on any atom is 0.459 e. The van der Waals surface area contributed by atoms with Gasteiger partial charge >= 0.3 is 19.8 Å². The monoisotopic (exact) mass is 517 g/mol. The molecule has 0 heterocycles. The third kappa shape index (κ3) is 14.3. The van der Waals surface area contributed by atoms with Gasteiger partial charge in [-0.25, -0.2) is 14.4 Å². The number of alkyl carbamates (subject to hydrolysis) is 1. The molecular formula is C22H36N3O9P. The van der Waals surface area contributed by atoms with Crippen LogP contribution in [0.1, 0.15) is 60.8 Å². The van der Waals surface area contributed by atoms with Crippen molar-refractivity contribution in [1.29, 1.82) is 0 Å². The zero-order valence-electron chi connectivity index (χ0n) is 21.1. The van der Waals surface area contributed by atoms with E-state index in [9.17, 15) is 24.3 Å². The molecule has 0 aliphatic heterocycles. The van der Waals surface area contributed by atoms with Crippen LogP contribution in [0.15, 0.2) is 24.3 Å². The Morgan fingerprint density at radius 3 is 2.11 bits per heavy atom. The number of nitrogens with one attached hydrogen (secondary N) is 2. The highest BCUT2D eigenvalue weighted by Gasteiger charge is 2.29. The van der Waals surface area contributed by atoms with Crippen LogP contribution < -0.4 is 14.9 Å². The largest absolute Gasteiger partial charge is 0.459 e. The number of carbonyl (C=O) groups is 2. The number of nitro groups is 1. The van der Waals surface area contributed by atoms with Gasteiger partial charge < -0.3 is 19.3 Å². The second-order valence-electron chi connectivity index (χ2n) is 9.58. The van der Waals surface area contributed by atoms with Crippen LogP contribution in [0, 0.1) is 10.1 Å². The molecule has 0 aliphatic rings. The average molecular weight is 518 g/mol. The van der Waals surface area contributed by atoms with Crippen LogP contribution in [0.25, 0.3) is 0 Å². The standard InChI is InChI=1S/C22H36N3O9P/c1-21(2,3)32-19(26)16-24-35(30,34-18-12-10-17(11-13-18)25(28)29)31-15-9-7-8-14-23-20(27)33-22(4,5)6/h10-13H,7-9,14-16H2,1-6H3,(H,23,27)(H,24,30). The number of ether oxygens (including phenoxy) is 2. The fourth-order valence-corrected chi connectivity index (χ4v) is 3.80. The summed E-state index contributed by atoms with van der Waals surface area (Å²) in [6.45, 7) is 10.4. The first-order valence-corrected chi connectivity index (χ1v) is 12.8. The summed E-state index contributed by atoms with van der Waals surface area (Å²) in [4.78, 5) is 33.9. The summed E-state index contributed by atoms with van der Waals surface area (Å²) in [5.74, 6) is -0.584. The Bertz CT molecular complexity index is 893. The fourth-order valence-electron chi connectivity index (χ4n) is 2.50. The van der Waals surface area contributed by atoms with Gasteiger partial charge in [-0.1, -0.05) is 0 Å². The Hall–Kier alpha value is -2.69. The van der Waals surface area contributed by atoms with Crippen LogP contribution in [0.2, 0.25) is 0 Å². The molecule has 0 saturated heterocycles. The Kier molecular flexibility index (Phi) is 11.6. The van der Waals surface area contributed by atoms with Gasteiger partial charge in [0.25, 0.3) is 5.69 Å². The van der Waals surface area contributed by atoms with Gasteiger partial charge in [0.05, 0.1) is 11.5 Å². The molecule has 1 atom stereocenters. The second-order valence-corrected chi connectivity index (χ2v) is 11.3. The highest BCUT2D eigenvalue weighted by atomic mass is 31.2. The van der Waals surface area contributed by atoms with E-state index in [-0.39, 0.29) is 18.0 Å². The molecule has 198 valence electrons. The van der Waals surface area contributed by atoms with Gasteiger partial charge in [-0.3, -0.25) is 19.4 Å². The number of non-ortho nitro benzene ring substituents is 1. The van der Waals surface area contributed by atoms with Crippen molar-refractivity contribution in [1.82, 2.24) is 10.4 Å². The molecule has 13 heteroatoms. The number of rotatable bonds is 13. The molecule has 1 rings (SSSR count). The summed E-state index contributed by atoms with van der Waals surface area (Å²) < 4.78 is 34.5. The lowest BCUT2D eigenvalue weighted by molar-refractivity contribution is -0.384. The van der Waals surface area contributed by atoms with Crippen LogP contribution in [0.3, 0.4) is 0 Å². The number of hydrogen-bond donors (Lipinski definition) is 2. The maximum atomic E-state index is 13.2. The molecule has 0 fully saturated rings. The number of nitrogens with zero attached hydrogens (tertiary/aromatic N) is 1.